The van der Waals surface area contributed by atoms with E-state index in [-0.39, 0.29) is 6.61 Å². The zero-order valence-corrected chi connectivity index (χ0v) is 10.4. The van der Waals surface area contributed by atoms with Gasteiger partial charge in [0.15, 0.2) is 5.13 Å². The summed E-state index contributed by atoms with van der Waals surface area (Å²) < 4.78 is 0. The summed E-state index contributed by atoms with van der Waals surface area (Å²) >= 11 is 1.55. The van der Waals surface area contributed by atoms with Gasteiger partial charge in [-0.05, 0) is 27.1 Å². The molecule has 1 heterocycles. The van der Waals surface area contributed by atoms with Crippen LogP contribution in [0.4, 0.5) is 5.13 Å². The minimum atomic E-state index is 0.0865. The van der Waals surface area contributed by atoms with Crippen molar-refractivity contribution in [3.8, 4) is 0 Å². The minimum absolute atomic E-state index is 0.0865. The SMILES string of the molecule is CN(C)CCCN(C)c1ncc(CO)s1. The number of aliphatic hydroxyl groups is 1. The molecule has 15 heavy (non-hydrogen) atoms. The van der Waals surface area contributed by atoms with Gasteiger partial charge in [0.1, 0.15) is 0 Å². The van der Waals surface area contributed by atoms with E-state index in [0.29, 0.717) is 0 Å². The topological polar surface area (TPSA) is 39.6 Å². The maximum atomic E-state index is 8.93. The summed E-state index contributed by atoms with van der Waals surface area (Å²) in [5, 5.41) is 9.91. The van der Waals surface area contributed by atoms with Crippen LogP contribution in [0.2, 0.25) is 0 Å². The third-order valence-electron chi connectivity index (χ3n) is 2.12. The van der Waals surface area contributed by atoms with Crippen molar-refractivity contribution < 1.29 is 5.11 Å². The summed E-state index contributed by atoms with van der Waals surface area (Å²) in [4.78, 5) is 9.48. The average molecular weight is 229 g/mol. The summed E-state index contributed by atoms with van der Waals surface area (Å²) in [6, 6.07) is 0. The Morgan fingerprint density at radius 1 is 1.33 bits per heavy atom. The first-order valence-electron chi connectivity index (χ1n) is 5.05. The molecule has 0 radical (unpaired) electrons. The van der Waals surface area contributed by atoms with Gasteiger partial charge in [0.05, 0.1) is 11.5 Å². The van der Waals surface area contributed by atoms with Crippen LogP contribution < -0.4 is 4.90 Å². The molecule has 4 nitrogen and oxygen atoms in total. The summed E-state index contributed by atoms with van der Waals surface area (Å²) in [6.45, 7) is 2.17. The van der Waals surface area contributed by atoms with E-state index >= 15 is 0 Å². The standard InChI is InChI=1S/C10H19N3OS/c1-12(2)5-4-6-13(3)10-11-7-9(8-14)15-10/h7,14H,4-6,8H2,1-3H3. The van der Waals surface area contributed by atoms with Crippen molar-refractivity contribution in [2.24, 2.45) is 0 Å². The molecule has 1 aromatic rings. The van der Waals surface area contributed by atoms with Crippen LogP contribution in [0.25, 0.3) is 0 Å². The van der Waals surface area contributed by atoms with Crippen molar-refractivity contribution in [3.05, 3.63) is 11.1 Å². The Morgan fingerprint density at radius 3 is 2.60 bits per heavy atom. The van der Waals surface area contributed by atoms with E-state index in [0.717, 1.165) is 29.5 Å². The molecule has 0 spiro atoms. The first-order chi connectivity index (χ1) is 7.13. The second kappa shape index (κ2) is 6.05. The molecular formula is C10H19N3OS. The smallest absolute Gasteiger partial charge is 0.185 e. The summed E-state index contributed by atoms with van der Waals surface area (Å²) in [6.07, 6.45) is 2.86. The fourth-order valence-electron chi connectivity index (χ4n) is 1.27. The van der Waals surface area contributed by atoms with Gasteiger partial charge in [-0.3, -0.25) is 0 Å². The molecule has 0 fully saturated rings. The van der Waals surface area contributed by atoms with Gasteiger partial charge in [0.2, 0.25) is 0 Å². The van der Waals surface area contributed by atoms with Crippen molar-refractivity contribution in [1.29, 1.82) is 0 Å². The third kappa shape index (κ3) is 4.15. The Morgan fingerprint density at radius 2 is 2.07 bits per heavy atom. The van der Waals surface area contributed by atoms with Crippen molar-refractivity contribution in [2.75, 3.05) is 39.1 Å². The highest BCUT2D eigenvalue weighted by molar-refractivity contribution is 7.15. The van der Waals surface area contributed by atoms with Crippen molar-refractivity contribution in [1.82, 2.24) is 9.88 Å². The Kier molecular flexibility index (Phi) is 5.01. The number of anilines is 1. The van der Waals surface area contributed by atoms with Crippen molar-refractivity contribution >= 4 is 16.5 Å². The lowest BCUT2D eigenvalue weighted by molar-refractivity contribution is 0.285. The van der Waals surface area contributed by atoms with E-state index in [1.54, 1.807) is 17.5 Å². The van der Waals surface area contributed by atoms with Gasteiger partial charge in [-0.1, -0.05) is 11.3 Å². The molecule has 1 N–H and O–H groups in total. The summed E-state index contributed by atoms with van der Waals surface area (Å²) in [5.41, 5.74) is 0. The molecule has 0 aliphatic carbocycles. The molecule has 0 aliphatic rings. The van der Waals surface area contributed by atoms with Crippen molar-refractivity contribution in [2.45, 2.75) is 13.0 Å². The Bertz CT molecular complexity index is 288. The lowest BCUT2D eigenvalue weighted by atomic mass is 10.4. The Balaban J connectivity index is 2.36. The highest BCUT2D eigenvalue weighted by Gasteiger charge is 2.06. The van der Waals surface area contributed by atoms with Crippen LogP contribution in [0.3, 0.4) is 0 Å². The third-order valence-corrected chi connectivity index (χ3v) is 3.22. The van der Waals surface area contributed by atoms with Gasteiger partial charge in [0, 0.05) is 19.8 Å². The first-order valence-corrected chi connectivity index (χ1v) is 5.86. The maximum Gasteiger partial charge on any atom is 0.185 e. The Hall–Kier alpha value is -0.650. The molecule has 0 saturated heterocycles. The van der Waals surface area contributed by atoms with Gasteiger partial charge in [-0.15, -0.1) is 0 Å². The molecule has 0 atom stereocenters. The van der Waals surface area contributed by atoms with Crippen LogP contribution in [0.15, 0.2) is 6.20 Å². The number of hydrogen-bond donors (Lipinski definition) is 1. The molecule has 0 amide bonds. The lowest BCUT2D eigenvalue weighted by Crippen LogP contribution is -2.23. The van der Waals surface area contributed by atoms with Gasteiger partial charge < -0.3 is 14.9 Å². The zero-order valence-electron chi connectivity index (χ0n) is 9.60. The minimum Gasteiger partial charge on any atom is -0.391 e. The van der Waals surface area contributed by atoms with E-state index in [1.807, 2.05) is 7.05 Å². The van der Waals surface area contributed by atoms with Crippen LogP contribution in [0, 0.1) is 0 Å². The molecule has 1 aromatic heterocycles. The molecular weight excluding hydrogens is 210 g/mol. The number of nitrogens with zero attached hydrogens (tertiary/aromatic N) is 3. The summed E-state index contributed by atoms with van der Waals surface area (Å²) in [7, 11) is 6.19. The Labute approximate surface area is 95.2 Å². The van der Waals surface area contributed by atoms with Crippen LogP contribution in [0.5, 0.6) is 0 Å². The van der Waals surface area contributed by atoms with E-state index < -0.39 is 0 Å². The van der Waals surface area contributed by atoms with Gasteiger partial charge >= 0.3 is 0 Å². The number of aliphatic hydroxyl groups excluding tert-OH is 1. The van der Waals surface area contributed by atoms with Gasteiger partial charge in [-0.25, -0.2) is 4.98 Å². The van der Waals surface area contributed by atoms with E-state index in [9.17, 15) is 0 Å². The summed E-state index contributed by atoms with van der Waals surface area (Å²) in [5.74, 6) is 0. The monoisotopic (exact) mass is 229 g/mol. The molecule has 1 rings (SSSR count). The fourth-order valence-corrected chi connectivity index (χ4v) is 2.02. The molecule has 0 saturated carbocycles. The van der Waals surface area contributed by atoms with Crippen LogP contribution in [0.1, 0.15) is 11.3 Å². The highest BCUT2D eigenvalue weighted by atomic mass is 32.1. The van der Waals surface area contributed by atoms with E-state index in [2.05, 4.69) is 28.9 Å². The highest BCUT2D eigenvalue weighted by Crippen LogP contribution is 2.21. The predicted molar refractivity (Wildman–Crippen MR) is 64.5 cm³/mol. The average Bonchev–Trinajstić information content (AvgIpc) is 2.65. The second-order valence-electron chi connectivity index (χ2n) is 3.85. The number of hydrogen-bond acceptors (Lipinski definition) is 5. The zero-order chi connectivity index (χ0) is 11.3. The number of aromatic nitrogens is 1. The van der Waals surface area contributed by atoms with E-state index in [1.165, 1.54) is 0 Å². The van der Waals surface area contributed by atoms with Crippen molar-refractivity contribution in [3.63, 3.8) is 0 Å². The van der Waals surface area contributed by atoms with Gasteiger partial charge in [0.25, 0.3) is 0 Å². The quantitative estimate of drug-likeness (QED) is 0.790. The molecule has 0 unspecified atom stereocenters. The molecule has 0 aromatic carbocycles. The maximum absolute atomic E-state index is 8.93. The van der Waals surface area contributed by atoms with Gasteiger partial charge in [-0.2, -0.15) is 0 Å². The molecule has 5 heteroatoms. The van der Waals surface area contributed by atoms with Crippen LogP contribution >= 0.6 is 11.3 Å². The van der Waals surface area contributed by atoms with E-state index in [4.69, 9.17) is 5.11 Å². The lowest BCUT2D eigenvalue weighted by Gasteiger charge is -2.17. The predicted octanol–water partition coefficient (Wildman–Crippen LogP) is 1.02. The second-order valence-corrected chi connectivity index (χ2v) is 4.94. The fraction of sp³-hybridized carbons (Fsp3) is 0.700. The molecule has 86 valence electrons. The molecule has 0 aliphatic heterocycles. The largest absolute Gasteiger partial charge is 0.391 e. The number of thiazole rings is 1. The first kappa shape index (κ1) is 12.4. The number of rotatable bonds is 6. The van der Waals surface area contributed by atoms with Crippen LogP contribution in [-0.2, 0) is 6.61 Å². The normalized spacial score (nSPS) is 11.0. The van der Waals surface area contributed by atoms with Crippen LogP contribution in [-0.4, -0.2) is 49.2 Å². The molecule has 0 bridgehead atoms.